The average molecular weight is 465 g/mol. The lowest BCUT2D eigenvalue weighted by Crippen LogP contribution is -2.40. The first kappa shape index (κ1) is 21.3. The molecule has 164 valence electrons. The summed E-state index contributed by atoms with van der Waals surface area (Å²) in [4.78, 5) is 23.5. The number of sulfonamides is 2. The van der Waals surface area contributed by atoms with Crippen LogP contribution in [-0.4, -0.2) is 34.8 Å². The molecule has 10 nitrogen and oxygen atoms in total. The third-order valence-corrected chi connectivity index (χ3v) is 8.01. The molecule has 4 rings (SSSR count). The summed E-state index contributed by atoms with van der Waals surface area (Å²) in [6, 6.07) is 10.3. The minimum atomic E-state index is -4.02. The zero-order valence-corrected chi connectivity index (χ0v) is 18.0. The number of hydrogen-bond acceptors (Lipinski definition) is 6. The molecule has 2 aromatic carbocycles. The zero-order valence-electron chi connectivity index (χ0n) is 16.4. The Kier molecular flexibility index (Phi) is 5.03. The summed E-state index contributed by atoms with van der Waals surface area (Å²) in [6.07, 6.45) is 1.58. The topological polar surface area (TPSA) is 151 Å². The third kappa shape index (κ3) is 4.27. The van der Waals surface area contributed by atoms with Gasteiger partial charge in [-0.3, -0.25) is 14.8 Å². The zero-order chi connectivity index (χ0) is 22.4. The van der Waals surface area contributed by atoms with Gasteiger partial charge in [-0.1, -0.05) is 12.1 Å². The Morgan fingerprint density at radius 1 is 0.935 bits per heavy atom. The van der Waals surface area contributed by atoms with Gasteiger partial charge in [-0.25, -0.2) is 26.4 Å². The molecule has 2 aromatic rings. The summed E-state index contributed by atoms with van der Waals surface area (Å²) >= 11 is 0. The maximum absolute atomic E-state index is 12.8. The van der Waals surface area contributed by atoms with Crippen molar-refractivity contribution in [1.29, 1.82) is 0 Å². The van der Waals surface area contributed by atoms with E-state index < -0.39 is 37.5 Å². The molecule has 1 heterocycles. The number of benzene rings is 2. The molecule has 1 saturated carbocycles. The van der Waals surface area contributed by atoms with E-state index in [1.165, 1.54) is 43.3 Å². The fourth-order valence-corrected chi connectivity index (χ4v) is 5.50. The predicted octanol–water partition coefficient (Wildman–Crippen LogP) is 0.983. The molecular weight excluding hydrogens is 444 g/mol. The van der Waals surface area contributed by atoms with Crippen molar-refractivity contribution >= 4 is 37.7 Å². The van der Waals surface area contributed by atoms with Crippen LogP contribution >= 0.6 is 0 Å². The van der Waals surface area contributed by atoms with Crippen LogP contribution in [0.3, 0.4) is 0 Å². The molecule has 3 amide bonds. The number of urea groups is 1. The Labute approximate surface area is 179 Å². The molecule has 1 saturated heterocycles. The summed E-state index contributed by atoms with van der Waals surface area (Å²) in [5, 5.41) is 4.67. The van der Waals surface area contributed by atoms with E-state index in [4.69, 9.17) is 0 Å². The first-order chi connectivity index (χ1) is 14.5. The maximum atomic E-state index is 12.8. The van der Waals surface area contributed by atoms with Gasteiger partial charge in [0, 0.05) is 11.7 Å². The quantitative estimate of drug-likeness (QED) is 0.449. The molecule has 31 heavy (non-hydrogen) atoms. The van der Waals surface area contributed by atoms with E-state index in [0.29, 0.717) is 5.56 Å². The van der Waals surface area contributed by atoms with Gasteiger partial charge in [0.05, 0.1) is 9.79 Å². The number of imide groups is 1. The summed E-state index contributed by atoms with van der Waals surface area (Å²) < 4.78 is 54.9. The van der Waals surface area contributed by atoms with Gasteiger partial charge < -0.3 is 5.32 Å². The van der Waals surface area contributed by atoms with Gasteiger partial charge in [-0.2, -0.15) is 0 Å². The Hall–Kier alpha value is -2.96. The maximum Gasteiger partial charge on any atom is 0.322 e. The van der Waals surface area contributed by atoms with Crippen LogP contribution in [0.5, 0.6) is 0 Å². The van der Waals surface area contributed by atoms with E-state index in [0.717, 1.165) is 12.8 Å². The number of amides is 3. The highest BCUT2D eigenvalue weighted by Gasteiger charge is 2.43. The molecule has 0 radical (unpaired) electrons. The fraction of sp³-hybridized carbons (Fsp3) is 0.263. The van der Waals surface area contributed by atoms with Crippen molar-refractivity contribution in [2.75, 3.05) is 4.72 Å². The molecular formula is C19H20N4O6S2. The highest BCUT2D eigenvalue weighted by Crippen LogP contribution is 2.28. The highest BCUT2D eigenvalue weighted by atomic mass is 32.2. The summed E-state index contributed by atoms with van der Waals surface area (Å²) in [5.41, 5.74) is -0.758. The van der Waals surface area contributed by atoms with E-state index in [1.54, 1.807) is 12.1 Å². The van der Waals surface area contributed by atoms with Crippen LogP contribution in [0.1, 0.15) is 25.3 Å². The van der Waals surface area contributed by atoms with Crippen molar-refractivity contribution in [3.8, 4) is 0 Å². The van der Waals surface area contributed by atoms with Crippen LogP contribution in [0.15, 0.2) is 58.3 Å². The number of rotatable bonds is 7. The predicted molar refractivity (Wildman–Crippen MR) is 111 cm³/mol. The Bertz CT molecular complexity index is 1270. The molecule has 12 heteroatoms. The number of anilines is 1. The van der Waals surface area contributed by atoms with Gasteiger partial charge in [0.15, 0.2) is 0 Å². The average Bonchev–Trinajstić information content (AvgIpc) is 3.46. The number of carbonyl (C=O) groups is 2. The van der Waals surface area contributed by atoms with Gasteiger partial charge in [-0.15, -0.1) is 0 Å². The summed E-state index contributed by atoms with van der Waals surface area (Å²) in [7, 11) is -7.71. The molecule has 1 aliphatic carbocycles. The van der Waals surface area contributed by atoms with Gasteiger partial charge >= 0.3 is 6.03 Å². The molecule has 0 bridgehead atoms. The SMILES string of the molecule is CC1(c2cccc(NS(=O)(=O)c3ccc(S(=O)(=O)NC4CC4)cc3)c2)NC(=O)NC1=O. The minimum absolute atomic E-state index is 0.0174. The molecule has 0 spiro atoms. The van der Waals surface area contributed by atoms with Crippen LogP contribution in [0, 0.1) is 0 Å². The van der Waals surface area contributed by atoms with Crippen molar-refractivity contribution in [3.63, 3.8) is 0 Å². The number of hydrogen-bond donors (Lipinski definition) is 4. The highest BCUT2D eigenvalue weighted by molar-refractivity contribution is 7.92. The first-order valence-electron chi connectivity index (χ1n) is 9.39. The van der Waals surface area contributed by atoms with Crippen LogP contribution < -0.4 is 20.1 Å². The van der Waals surface area contributed by atoms with Gasteiger partial charge in [0.1, 0.15) is 5.54 Å². The van der Waals surface area contributed by atoms with E-state index in [2.05, 4.69) is 20.1 Å². The molecule has 2 aliphatic rings. The molecule has 4 N–H and O–H groups in total. The van der Waals surface area contributed by atoms with Gasteiger partial charge in [0.25, 0.3) is 15.9 Å². The van der Waals surface area contributed by atoms with E-state index in [9.17, 15) is 26.4 Å². The molecule has 1 atom stereocenters. The van der Waals surface area contributed by atoms with Crippen LogP contribution in [-0.2, 0) is 30.4 Å². The molecule has 2 fully saturated rings. The minimum Gasteiger partial charge on any atom is -0.320 e. The van der Waals surface area contributed by atoms with Crippen molar-refractivity contribution < 1.29 is 26.4 Å². The van der Waals surface area contributed by atoms with Crippen LogP contribution in [0.4, 0.5) is 10.5 Å². The Balaban J connectivity index is 1.55. The van der Waals surface area contributed by atoms with Gasteiger partial charge in [0.2, 0.25) is 10.0 Å². The lowest BCUT2D eigenvalue weighted by Gasteiger charge is -2.21. The fourth-order valence-electron chi connectivity index (χ4n) is 3.14. The van der Waals surface area contributed by atoms with Crippen molar-refractivity contribution in [2.24, 2.45) is 0 Å². The monoisotopic (exact) mass is 464 g/mol. The Morgan fingerprint density at radius 2 is 1.55 bits per heavy atom. The van der Waals surface area contributed by atoms with Crippen LogP contribution in [0.25, 0.3) is 0 Å². The second-order valence-corrected chi connectivity index (χ2v) is 11.0. The summed E-state index contributed by atoms with van der Waals surface area (Å²) in [6.45, 7) is 1.51. The second-order valence-electron chi connectivity index (χ2n) is 7.59. The largest absolute Gasteiger partial charge is 0.322 e. The van der Waals surface area contributed by atoms with Crippen molar-refractivity contribution in [3.05, 3.63) is 54.1 Å². The van der Waals surface area contributed by atoms with E-state index >= 15 is 0 Å². The second kappa shape index (κ2) is 7.32. The number of nitrogens with one attached hydrogen (secondary N) is 4. The Morgan fingerprint density at radius 3 is 2.10 bits per heavy atom. The van der Waals surface area contributed by atoms with E-state index in [-0.39, 0.29) is 21.5 Å². The van der Waals surface area contributed by atoms with Crippen molar-refractivity contribution in [2.45, 2.75) is 41.1 Å². The lowest BCUT2D eigenvalue weighted by atomic mass is 9.92. The summed E-state index contributed by atoms with van der Waals surface area (Å²) in [5.74, 6) is -0.547. The first-order valence-corrected chi connectivity index (χ1v) is 12.4. The van der Waals surface area contributed by atoms with Crippen LogP contribution in [0.2, 0.25) is 0 Å². The van der Waals surface area contributed by atoms with Gasteiger partial charge in [-0.05, 0) is 61.7 Å². The molecule has 0 aromatic heterocycles. The normalized spacial score (nSPS) is 21.5. The molecule has 1 aliphatic heterocycles. The smallest absolute Gasteiger partial charge is 0.320 e. The number of carbonyl (C=O) groups excluding carboxylic acids is 2. The van der Waals surface area contributed by atoms with E-state index in [1.807, 2.05) is 0 Å². The molecule has 1 unspecified atom stereocenters. The van der Waals surface area contributed by atoms with Crippen molar-refractivity contribution in [1.82, 2.24) is 15.4 Å². The third-order valence-electron chi connectivity index (χ3n) is 5.08. The standard InChI is InChI=1S/C19H20N4O6S2/c1-19(17(24)20-18(25)21-19)12-3-2-4-14(11-12)23-31(28,29)16-9-7-15(8-10-16)30(26,27)22-13-5-6-13/h2-4,7-11,13,22-23H,5-6H2,1H3,(H2,20,21,24,25). The lowest BCUT2D eigenvalue weighted by molar-refractivity contribution is -0.123.